The van der Waals surface area contributed by atoms with Crippen molar-refractivity contribution in [3.63, 3.8) is 0 Å². The number of hydrogen-bond donors (Lipinski definition) is 0. The number of benzene rings is 2. The molecule has 1 aliphatic rings. The molecule has 33 heavy (non-hydrogen) atoms. The van der Waals surface area contributed by atoms with Crippen LogP contribution in [0.4, 0.5) is 0 Å². The third-order valence-corrected chi connectivity index (χ3v) is 6.46. The monoisotopic (exact) mass is 508 g/mol. The molecule has 0 aliphatic carbocycles. The summed E-state index contributed by atoms with van der Waals surface area (Å²) in [4.78, 5) is 4.13. The van der Waals surface area contributed by atoms with Gasteiger partial charge in [-0.15, -0.1) is 0 Å². The Kier molecular flexibility index (Phi) is 9.07. The minimum absolute atomic E-state index is 0.0318. The lowest BCUT2D eigenvalue weighted by Crippen LogP contribution is -2.33. The standard InChI is InChI=1S/C25H27Cl3N2O3/c26-19-6-4-18(5-7-19)10-13-31-25-3-1-2-21(33-25)16-32-24(15-30-12-11-29-17-30)22-9-8-20(27)14-23(22)28/h4-9,11-12,14,17,21,24-25H,1-3,10,13,15-16H2. The normalized spacial score (nSPS) is 19.5. The van der Waals surface area contributed by atoms with Crippen molar-refractivity contribution in [3.8, 4) is 0 Å². The largest absolute Gasteiger partial charge is 0.369 e. The second-order valence-electron chi connectivity index (χ2n) is 8.11. The molecule has 0 bridgehead atoms. The summed E-state index contributed by atoms with van der Waals surface area (Å²) in [6.07, 6.45) is 8.59. The maximum Gasteiger partial charge on any atom is 0.158 e. The summed E-state index contributed by atoms with van der Waals surface area (Å²) in [5.74, 6) is 0. The number of ether oxygens (including phenoxy) is 3. The van der Waals surface area contributed by atoms with E-state index in [-0.39, 0.29) is 18.5 Å². The maximum atomic E-state index is 6.48. The Hall–Kier alpha value is -1.60. The lowest BCUT2D eigenvalue weighted by Gasteiger charge is -2.31. The number of imidazole rings is 1. The van der Waals surface area contributed by atoms with Gasteiger partial charge in [0.2, 0.25) is 0 Å². The first-order valence-electron chi connectivity index (χ1n) is 11.1. The fourth-order valence-corrected chi connectivity index (χ4v) is 4.54. The van der Waals surface area contributed by atoms with Crippen LogP contribution in [0.2, 0.25) is 15.1 Å². The van der Waals surface area contributed by atoms with Gasteiger partial charge in [-0.3, -0.25) is 0 Å². The highest BCUT2D eigenvalue weighted by Crippen LogP contribution is 2.31. The number of aromatic nitrogens is 2. The van der Waals surface area contributed by atoms with Gasteiger partial charge < -0.3 is 18.8 Å². The molecule has 2 aromatic carbocycles. The third-order valence-electron chi connectivity index (χ3n) is 5.65. The molecule has 2 heterocycles. The molecule has 1 saturated heterocycles. The zero-order chi connectivity index (χ0) is 23.0. The van der Waals surface area contributed by atoms with E-state index in [1.54, 1.807) is 18.6 Å². The molecule has 0 amide bonds. The summed E-state index contributed by atoms with van der Waals surface area (Å²) in [7, 11) is 0. The predicted octanol–water partition coefficient (Wildman–Crippen LogP) is 6.76. The number of hydrogen-bond acceptors (Lipinski definition) is 4. The first-order chi connectivity index (χ1) is 16.1. The van der Waals surface area contributed by atoms with E-state index in [2.05, 4.69) is 4.98 Å². The van der Waals surface area contributed by atoms with Gasteiger partial charge in [0, 0.05) is 33.0 Å². The van der Waals surface area contributed by atoms with Crippen LogP contribution >= 0.6 is 34.8 Å². The third kappa shape index (κ3) is 7.44. The average Bonchev–Trinajstić information content (AvgIpc) is 3.32. The van der Waals surface area contributed by atoms with Gasteiger partial charge in [-0.05, 0) is 55.5 Å². The van der Waals surface area contributed by atoms with Gasteiger partial charge in [-0.2, -0.15) is 0 Å². The zero-order valence-electron chi connectivity index (χ0n) is 18.2. The van der Waals surface area contributed by atoms with Crippen molar-refractivity contribution in [1.82, 2.24) is 9.55 Å². The Bertz CT molecular complexity index is 999. The molecule has 1 aliphatic heterocycles. The summed E-state index contributed by atoms with van der Waals surface area (Å²) in [5.41, 5.74) is 2.08. The zero-order valence-corrected chi connectivity index (χ0v) is 20.5. The molecule has 0 radical (unpaired) electrons. The molecule has 5 nitrogen and oxygen atoms in total. The maximum absolute atomic E-state index is 6.48. The van der Waals surface area contributed by atoms with Crippen LogP contribution in [0.25, 0.3) is 0 Å². The average molecular weight is 510 g/mol. The van der Waals surface area contributed by atoms with Crippen LogP contribution in [-0.4, -0.2) is 35.2 Å². The topological polar surface area (TPSA) is 45.5 Å². The van der Waals surface area contributed by atoms with Crippen LogP contribution in [0.5, 0.6) is 0 Å². The summed E-state index contributed by atoms with van der Waals surface area (Å²) in [5, 5.41) is 1.92. The van der Waals surface area contributed by atoms with Crippen molar-refractivity contribution >= 4 is 34.8 Å². The van der Waals surface area contributed by atoms with E-state index < -0.39 is 0 Å². The number of nitrogens with zero attached hydrogens (tertiary/aromatic N) is 2. The first-order valence-corrected chi connectivity index (χ1v) is 12.2. The first kappa shape index (κ1) is 24.5. The van der Waals surface area contributed by atoms with Gasteiger partial charge in [0.05, 0.1) is 32.2 Å². The van der Waals surface area contributed by atoms with E-state index in [4.69, 9.17) is 49.0 Å². The van der Waals surface area contributed by atoms with Crippen LogP contribution in [0, 0.1) is 0 Å². The summed E-state index contributed by atoms with van der Waals surface area (Å²) in [6, 6.07) is 13.3. The Morgan fingerprint density at radius 3 is 2.64 bits per heavy atom. The van der Waals surface area contributed by atoms with Crippen LogP contribution in [0.3, 0.4) is 0 Å². The highest BCUT2D eigenvalue weighted by molar-refractivity contribution is 6.35. The van der Waals surface area contributed by atoms with Gasteiger partial charge in [0.25, 0.3) is 0 Å². The summed E-state index contributed by atoms with van der Waals surface area (Å²) in [6.45, 7) is 1.65. The Labute approximate surface area is 209 Å². The van der Waals surface area contributed by atoms with Crippen molar-refractivity contribution in [2.75, 3.05) is 13.2 Å². The quantitative estimate of drug-likeness (QED) is 0.303. The Morgan fingerprint density at radius 1 is 1.06 bits per heavy atom. The Balaban J connectivity index is 1.30. The van der Waals surface area contributed by atoms with Crippen LogP contribution < -0.4 is 0 Å². The molecule has 1 aromatic heterocycles. The van der Waals surface area contributed by atoms with Crippen LogP contribution in [0.1, 0.15) is 36.5 Å². The van der Waals surface area contributed by atoms with Crippen molar-refractivity contribution in [2.24, 2.45) is 0 Å². The summed E-state index contributed by atoms with van der Waals surface area (Å²) < 4.78 is 20.5. The Morgan fingerprint density at radius 2 is 1.88 bits per heavy atom. The lowest BCUT2D eigenvalue weighted by molar-refractivity contribution is -0.207. The van der Waals surface area contributed by atoms with E-state index in [1.165, 1.54) is 5.56 Å². The van der Waals surface area contributed by atoms with Gasteiger partial charge in [0.15, 0.2) is 6.29 Å². The van der Waals surface area contributed by atoms with E-state index in [1.807, 2.05) is 47.2 Å². The molecular weight excluding hydrogens is 483 g/mol. The number of halogens is 3. The molecule has 0 N–H and O–H groups in total. The smallest absolute Gasteiger partial charge is 0.158 e. The molecule has 0 spiro atoms. The summed E-state index contributed by atoms with van der Waals surface area (Å²) >= 11 is 18.5. The van der Waals surface area contributed by atoms with E-state index in [0.717, 1.165) is 36.3 Å². The minimum Gasteiger partial charge on any atom is -0.369 e. The highest BCUT2D eigenvalue weighted by atomic mass is 35.5. The molecule has 3 unspecified atom stereocenters. The SMILES string of the molecule is Clc1ccc(CCOC2CCCC(COC(Cn3ccnc3)c3ccc(Cl)cc3Cl)O2)cc1. The highest BCUT2D eigenvalue weighted by Gasteiger charge is 2.25. The van der Waals surface area contributed by atoms with Crippen molar-refractivity contribution in [1.29, 1.82) is 0 Å². The van der Waals surface area contributed by atoms with Gasteiger partial charge in [-0.25, -0.2) is 4.98 Å². The predicted molar refractivity (Wildman–Crippen MR) is 131 cm³/mol. The van der Waals surface area contributed by atoms with E-state index >= 15 is 0 Å². The molecule has 8 heteroatoms. The van der Waals surface area contributed by atoms with E-state index in [9.17, 15) is 0 Å². The fraction of sp³-hybridized carbons (Fsp3) is 0.400. The van der Waals surface area contributed by atoms with Gasteiger partial charge in [-0.1, -0.05) is 53.0 Å². The van der Waals surface area contributed by atoms with Crippen LogP contribution in [-0.2, 0) is 27.2 Å². The van der Waals surface area contributed by atoms with Crippen molar-refractivity contribution in [2.45, 2.75) is 50.7 Å². The van der Waals surface area contributed by atoms with Crippen molar-refractivity contribution in [3.05, 3.63) is 87.4 Å². The molecule has 0 saturated carbocycles. The molecule has 3 aromatic rings. The number of rotatable bonds is 10. The minimum atomic E-state index is -0.251. The van der Waals surface area contributed by atoms with Gasteiger partial charge in [0.1, 0.15) is 6.10 Å². The molecule has 1 fully saturated rings. The fourth-order valence-electron chi connectivity index (χ4n) is 3.88. The van der Waals surface area contributed by atoms with Gasteiger partial charge >= 0.3 is 0 Å². The molecular formula is C25H27Cl3N2O3. The molecule has 176 valence electrons. The van der Waals surface area contributed by atoms with Crippen LogP contribution in [0.15, 0.2) is 61.2 Å². The second kappa shape index (κ2) is 12.2. The van der Waals surface area contributed by atoms with E-state index in [0.29, 0.717) is 29.8 Å². The van der Waals surface area contributed by atoms with Crippen molar-refractivity contribution < 1.29 is 14.2 Å². The second-order valence-corrected chi connectivity index (χ2v) is 9.39. The lowest BCUT2D eigenvalue weighted by atomic mass is 10.1. The molecule has 3 atom stereocenters. The molecule has 4 rings (SSSR count).